The average molecular weight is 855 g/mol. The molecule has 1 nitrogen and oxygen atoms in total. The number of rotatable bonds is 17. The van der Waals surface area contributed by atoms with Gasteiger partial charge >= 0.3 is 0 Å². The molecule has 2 heterocycles. The molecule has 10 aromatic rings. The molecule has 0 atom stereocenters. The number of hydrogen-bond acceptors (Lipinski definition) is 2. The highest BCUT2D eigenvalue weighted by Gasteiger charge is 2.18. The van der Waals surface area contributed by atoms with Crippen LogP contribution in [0.1, 0.15) is 113 Å². The van der Waals surface area contributed by atoms with Crippen LogP contribution in [0.5, 0.6) is 0 Å². The van der Waals surface area contributed by atoms with Crippen LogP contribution in [-0.2, 0) is 12.8 Å². The molecule has 0 saturated carbocycles. The van der Waals surface area contributed by atoms with E-state index in [9.17, 15) is 0 Å². The number of furan rings is 1. The highest BCUT2D eigenvalue weighted by Crippen LogP contribution is 2.44. The number of thiophene rings is 1. The molecule has 322 valence electrons. The van der Waals surface area contributed by atoms with Crippen LogP contribution >= 0.6 is 11.3 Å². The Morgan fingerprint density at radius 2 is 1.05 bits per heavy atom. The summed E-state index contributed by atoms with van der Waals surface area (Å²) in [6, 6.07) is 51.1. The molecule has 0 spiro atoms. The summed E-state index contributed by atoms with van der Waals surface area (Å²) in [6.45, 7) is 9.28. The second-order valence-corrected chi connectivity index (χ2v) is 19.7. The Hall–Kier alpha value is -5.70. The Bertz CT molecular complexity index is 3280. The second-order valence-electron chi connectivity index (χ2n) is 18.6. The molecular formula is C62H62OS. The van der Waals surface area contributed by atoms with E-state index in [-0.39, 0.29) is 0 Å². The van der Waals surface area contributed by atoms with E-state index in [1.54, 1.807) is 0 Å². The largest absolute Gasteiger partial charge is 0.456 e. The Labute approximate surface area is 384 Å². The van der Waals surface area contributed by atoms with Gasteiger partial charge in [-0.15, -0.1) is 11.3 Å². The fourth-order valence-corrected chi connectivity index (χ4v) is 11.7. The first kappa shape index (κ1) is 42.3. The third-order valence-corrected chi connectivity index (χ3v) is 15.3. The summed E-state index contributed by atoms with van der Waals surface area (Å²) in [7, 11) is 0. The number of benzene rings is 8. The van der Waals surface area contributed by atoms with Crippen molar-refractivity contribution in [3.05, 3.63) is 156 Å². The first-order valence-corrected chi connectivity index (χ1v) is 25.3. The van der Waals surface area contributed by atoms with Crippen LogP contribution in [0, 0.1) is 13.8 Å². The molecule has 0 amide bonds. The van der Waals surface area contributed by atoms with Crippen molar-refractivity contribution in [3.63, 3.8) is 0 Å². The molecule has 0 fully saturated rings. The summed E-state index contributed by atoms with van der Waals surface area (Å²) in [4.78, 5) is 0. The molecule has 0 aliphatic rings. The van der Waals surface area contributed by atoms with Crippen LogP contribution in [-0.4, -0.2) is 0 Å². The van der Waals surface area contributed by atoms with Crippen molar-refractivity contribution in [3.8, 4) is 33.4 Å². The number of unbranched alkanes of at least 4 members (excludes halogenated alkanes) is 10. The van der Waals surface area contributed by atoms with Crippen LogP contribution < -0.4 is 0 Å². The van der Waals surface area contributed by atoms with Gasteiger partial charge in [-0.3, -0.25) is 0 Å². The molecule has 8 aromatic carbocycles. The van der Waals surface area contributed by atoms with Crippen LogP contribution in [0.4, 0.5) is 0 Å². The van der Waals surface area contributed by atoms with Gasteiger partial charge in [0.1, 0.15) is 11.2 Å². The van der Waals surface area contributed by atoms with Gasteiger partial charge in [0, 0.05) is 30.9 Å². The standard InChI is InChI=1S/C62H62OS/c1-5-7-9-11-13-15-22-43-36-54(45(32-41(43)3)23-16-14-12-10-8-6-2)49-34-47(33-48(35-49)52-28-21-27-51-42(4)50-25-18-17-24-46(50)38-55(51)52)44-30-31-61-57(37-44)58-39-56-53-26-19-20-29-59(53)63-60(56)40-62(58)64-61/h17-21,24-40H,5-16,22-23H2,1-4H3. The molecule has 0 saturated heterocycles. The number of hydrogen-bond donors (Lipinski definition) is 0. The molecule has 64 heavy (non-hydrogen) atoms. The minimum absolute atomic E-state index is 0.947. The van der Waals surface area contributed by atoms with Crippen LogP contribution in [0.15, 0.2) is 138 Å². The zero-order valence-corrected chi connectivity index (χ0v) is 39.2. The monoisotopic (exact) mass is 854 g/mol. The first-order chi connectivity index (χ1) is 31.5. The van der Waals surface area contributed by atoms with E-state index < -0.39 is 0 Å². The highest BCUT2D eigenvalue weighted by molar-refractivity contribution is 7.25. The van der Waals surface area contributed by atoms with Crippen LogP contribution in [0.2, 0.25) is 0 Å². The zero-order chi connectivity index (χ0) is 43.6. The maximum Gasteiger partial charge on any atom is 0.136 e. The number of aryl methyl sites for hydroxylation is 4. The maximum atomic E-state index is 6.34. The number of para-hydroxylation sites is 1. The second kappa shape index (κ2) is 18.8. The van der Waals surface area contributed by atoms with Gasteiger partial charge in [-0.25, -0.2) is 0 Å². The molecule has 0 radical (unpaired) electrons. The van der Waals surface area contributed by atoms with E-state index in [4.69, 9.17) is 4.42 Å². The quantitative estimate of drug-likeness (QED) is 0.0657. The molecule has 0 N–H and O–H groups in total. The third-order valence-electron chi connectivity index (χ3n) is 14.2. The van der Waals surface area contributed by atoms with Gasteiger partial charge in [0.05, 0.1) is 0 Å². The lowest BCUT2D eigenvalue weighted by Crippen LogP contribution is -1.99. The predicted molar refractivity (Wildman–Crippen MR) is 282 cm³/mol. The molecule has 2 heteroatoms. The molecule has 0 bridgehead atoms. The smallest absolute Gasteiger partial charge is 0.136 e. The SMILES string of the molecule is CCCCCCCCc1cc(-c2cc(-c3ccc4sc5cc6oc7ccccc7c6cc5c4c3)cc(-c3cccc4c(C)c5ccccc5cc34)c2)c(CCCCCCCC)cc1C. The molecule has 0 aliphatic carbocycles. The zero-order valence-electron chi connectivity index (χ0n) is 38.4. The van der Waals surface area contributed by atoms with Gasteiger partial charge in [-0.1, -0.05) is 157 Å². The van der Waals surface area contributed by atoms with E-state index in [0.717, 1.165) is 24.0 Å². The van der Waals surface area contributed by atoms with Crippen LogP contribution in [0.25, 0.3) is 97.0 Å². The van der Waals surface area contributed by atoms with E-state index >= 15 is 0 Å². The van der Waals surface area contributed by atoms with Gasteiger partial charge in [0.25, 0.3) is 0 Å². The van der Waals surface area contributed by atoms with Gasteiger partial charge in [0.2, 0.25) is 0 Å². The predicted octanol–water partition coefficient (Wildman–Crippen LogP) is 19.7. The normalized spacial score (nSPS) is 12.0. The van der Waals surface area contributed by atoms with Crippen molar-refractivity contribution in [1.82, 2.24) is 0 Å². The fourth-order valence-electron chi connectivity index (χ4n) is 10.6. The lowest BCUT2D eigenvalue weighted by molar-refractivity contribution is 0.605. The Balaban J connectivity index is 1.14. The molecule has 0 unspecified atom stereocenters. The Morgan fingerprint density at radius 3 is 1.84 bits per heavy atom. The average Bonchev–Trinajstić information content (AvgIpc) is 3.87. The van der Waals surface area contributed by atoms with Crippen molar-refractivity contribution >= 4 is 75.0 Å². The summed E-state index contributed by atoms with van der Waals surface area (Å²) in [5.41, 5.74) is 15.6. The Kier molecular flexibility index (Phi) is 12.4. The summed E-state index contributed by atoms with van der Waals surface area (Å²) < 4.78 is 8.92. The van der Waals surface area contributed by atoms with E-state index in [1.807, 2.05) is 11.3 Å². The van der Waals surface area contributed by atoms with Crippen LogP contribution in [0.3, 0.4) is 0 Å². The van der Waals surface area contributed by atoms with Crippen molar-refractivity contribution in [2.24, 2.45) is 0 Å². The summed E-state index contributed by atoms with van der Waals surface area (Å²) >= 11 is 1.86. The lowest BCUT2D eigenvalue weighted by Gasteiger charge is -2.19. The van der Waals surface area contributed by atoms with Gasteiger partial charge in [-0.05, 0) is 171 Å². The molecule has 0 aliphatic heterocycles. The summed E-state index contributed by atoms with van der Waals surface area (Å²) in [5, 5.41) is 10.2. The number of fused-ring (bicyclic) bond motifs is 8. The van der Waals surface area contributed by atoms with E-state index in [2.05, 4.69) is 161 Å². The van der Waals surface area contributed by atoms with Crippen molar-refractivity contribution < 1.29 is 4.42 Å². The third kappa shape index (κ3) is 8.38. The lowest BCUT2D eigenvalue weighted by atomic mass is 9.86. The minimum Gasteiger partial charge on any atom is -0.456 e. The van der Waals surface area contributed by atoms with E-state index in [1.165, 1.54) is 185 Å². The van der Waals surface area contributed by atoms with Crippen molar-refractivity contribution in [1.29, 1.82) is 0 Å². The molecule has 2 aromatic heterocycles. The maximum absolute atomic E-state index is 6.34. The van der Waals surface area contributed by atoms with E-state index in [0.29, 0.717) is 0 Å². The Morgan fingerprint density at radius 1 is 0.391 bits per heavy atom. The molecular weight excluding hydrogens is 793 g/mol. The minimum atomic E-state index is 0.947. The molecule has 10 rings (SSSR count). The topological polar surface area (TPSA) is 13.1 Å². The first-order valence-electron chi connectivity index (χ1n) is 24.4. The van der Waals surface area contributed by atoms with Gasteiger partial charge < -0.3 is 4.42 Å². The van der Waals surface area contributed by atoms with Gasteiger partial charge in [0.15, 0.2) is 0 Å². The summed E-state index contributed by atoms with van der Waals surface area (Å²) in [5.74, 6) is 0. The fraction of sp³-hybridized carbons (Fsp3) is 0.290. The van der Waals surface area contributed by atoms with Crippen molar-refractivity contribution in [2.75, 3.05) is 0 Å². The van der Waals surface area contributed by atoms with Crippen molar-refractivity contribution in [2.45, 2.75) is 118 Å². The van der Waals surface area contributed by atoms with Gasteiger partial charge in [-0.2, -0.15) is 0 Å². The summed E-state index contributed by atoms with van der Waals surface area (Å²) in [6.07, 6.45) is 18.0. The highest BCUT2D eigenvalue weighted by atomic mass is 32.1.